The molecule has 0 radical (unpaired) electrons. The van der Waals surface area contributed by atoms with Crippen LogP contribution in [0.2, 0.25) is 5.02 Å². The molecule has 2 aliphatic rings. The third-order valence-electron chi connectivity index (χ3n) is 6.62. The molecule has 200 valence electrons. The number of nitrogens with zero attached hydrogens (tertiary/aromatic N) is 3. The smallest absolute Gasteiger partial charge is 0.280 e. The Kier molecular flexibility index (Phi) is 8.17. The summed E-state index contributed by atoms with van der Waals surface area (Å²) in [5.74, 6) is -0.705. The van der Waals surface area contributed by atoms with E-state index < -0.39 is 22.1 Å². The molecule has 37 heavy (non-hydrogen) atoms. The minimum atomic E-state index is -3.46. The first kappa shape index (κ1) is 27.8. The number of H-pyrrole nitrogens is 1. The van der Waals surface area contributed by atoms with Crippen LogP contribution in [0.15, 0.2) is 24.3 Å². The summed E-state index contributed by atoms with van der Waals surface area (Å²) in [6.45, 7) is 1.94. The molecule has 10 nitrogen and oxygen atoms in total. The van der Waals surface area contributed by atoms with Gasteiger partial charge in [0.25, 0.3) is 11.8 Å². The van der Waals surface area contributed by atoms with Crippen LogP contribution in [-0.2, 0) is 23.0 Å². The van der Waals surface area contributed by atoms with Gasteiger partial charge in [0.05, 0.1) is 24.0 Å². The Balaban J connectivity index is 0.00000320. The van der Waals surface area contributed by atoms with Crippen molar-refractivity contribution in [1.29, 1.82) is 0 Å². The highest BCUT2D eigenvalue weighted by atomic mass is 35.5. The Morgan fingerprint density at radius 1 is 1.16 bits per heavy atom. The van der Waals surface area contributed by atoms with E-state index in [0.717, 1.165) is 47.2 Å². The van der Waals surface area contributed by atoms with Gasteiger partial charge < -0.3 is 20.5 Å². The predicted molar refractivity (Wildman–Crippen MR) is 146 cm³/mol. The minimum Gasteiger partial charge on any atom is -0.351 e. The van der Waals surface area contributed by atoms with Gasteiger partial charge >= 0.3 is 0 Å². The van der Waals surface area contributed by atoms with Gasteiger partial charge in [0.15, 0.2) is 5.01 Å². The number of thiazole rings is 1. The largest absolute Gasteiger partial charge is 0.351 e. The summed E-state index contributed by atoms with van der Waals surface area (Å²) < 4.78 is 25.8. The lowest BCUT2D eigenvalue weighted by atomic mass is 10.0. The van der Waals surface area contributed by atoms with Crippen LogP contribution in [0.25, 0.3) is 10.9 Å². The van der Waals surface area contributed by atoms with Crippen LogP contribution in [-0.4, -0.2) is 84.4 Å². The maximum absolute atomic E-state index is 13.1. The van der Waals surface area contributed by atoms with E-state index in [1.807, 2.05) is 7.05 Å². The van der Waals surface area contributed by atoms with Gasteiger partial charge in [0, 0.05) is 53.4 Å². The molecule has 2 atom stereocenters. The standard InChI is InChI=1S/C23H27ClN6O4S2.ClH/c1-29-7-5-17-20(12-29)35-23(28-17)22(32)27-19-11-30(36(2,33)34)8-6-16(19)26-21(31)18-10-13-9-14(24)3-4-15(13)25-18;/h3-4,9-10,16,19,25H,5-8,11-12H2,1-2H3,(H,26,31)(H,27,32);1H. The Morgan fingerprint density at radius 2 is 1.92 bits per heavy atom. The van der Waals surface area contributed by atoms with E-state index in [-0.39, 0.29) is 37.3 Å². The van der Waals surface area contributed by atoms with Crippen molar-refractivity contribution >= 4 is 68.1 Å². The predicted octanol–water partition coefficient (Wildman–Crippen LogP) is 2.25. The zero-order valence-corrected chi connectivity index (χ0v) is 23.5. The van der Waals surface area contributed by atoms with E-state index >= 15 is 0 Å². The van der Waals surface area contributed by atoms with Crippen LogP contribution < -0.4 is 10.6 Å². The molecule has 2 aliphatic heterocycles. The van der Waals surface area contributed by atoms with Crippen molar-refractivity contribution in [1.82, 2.24) is 29.8 Å². The molecule has 2 unspecified atom stereocenters. The molecular weight excluding hydrogens is 559 g/mol. The number of aromatic nitrogens is 2. The molecule has 0 aliphatic carbocycles. The number of aromatic amines is 1. The average Bonchev–Trinajstić information content (AvgIpc) is 3.43. The third-order valence-corrected chi connectivity index (χ3v) is 9.21. The van der Waals surface area contributed by atoms with Gasteiger partial charge in [-0.1, -0.05) is 11.6 Å². The van der Waals surface area contributed by atoms with Crippen molar-refractivity contribution in [2.24, 2.45) is 0 Å². The van der Waals surface area contributed by atoms with Crippen molar-refractivity contribution in [3.05, 3.63) is 50.6 Å². The molecule has 1 aromatic carbocycles. The van der Waals surface area contributed by atoms with Gasteiger partial charge in [-0.3, -0.25) is 9.59 Å². The fourth-order valence-electron chi connectivity index (χ4n) is 4.66. The number of sulfonamides is 1. The molecule has 3 N–H and O–H groups in total. The molecule has 1 saturated heterocycles. The molecule has 1 fully saturated rings. The molecule has 2 amide bonds. The topological polar surface area (TPSA) is 128 Å². The summed E-state index contributed by atoms with van der Waals surface area (Å²) in [5.41, 5.74) is 2.08. The molecule has 3 aromatic rings. The molecule has 0 bridgehead atoms. The molecule has 14 heteroatoms. The zero-order chi connectivity index (χ0) is 25.6. The first-order chi connectivity index (χ1) is 17.1. The molecular formula is C23H28Cl2N6O4S2. The fourth-order valence-corrected chi connectivity index (χ4v) is 6.81. The zero-order valence-electron chi connectivity index (χ0n) is 20.3. The number of amides is 2. The number of carbonyl (C=O) groups is 2. The van der Waals surface area contributed by atoms with E-state index in [0.29, 0.717) is 22.1 Å². The van der Waals surface area contributed by atoms with Gasteiger partial charge in [0.1, 0.15) is 5.69 Å². The summed E-state index contributed by atoms with van der Waals surface area (Å²) >= 11 is 7.41. The summed E-state index contributed by atoms with van der Waals surface area (Å²) in [7, 11) is -1.43. The van der Waals surface area contributed by atoms with Crippen molar-refractivity contribution in [2.75, 3.05) is 32.9 Å². The number of likely N-dealkylation sites (N-methyl/N-ethyl adjacent to an activating group) is 1. The van der Waals surface area contributed by atoms with E-state index in [1.54, 1.807) is 24.3 Å². The summed E-state index contributed by atoms with van der Waals surface area (Å²) in [6.07, 6.45) is 2.29. The molecule has 5 rings (SSSR count). The number of piperidine rings is 1. The molecule has 2 aromatic heterocycles. The first-order valence-corrected chi connectivity index (χ1v) is 14.6. The number of halogens is 2. The number of carbonyl (C=O) groups excluding carboxylic acids is 2. The van der Waals surface area contributed by atoms with Gasteiger partial charge in [-0.25, -0.2) is 13.4 Å². The normalized spacial score (nSPS) is 20.7. The summed E-state index contributed by atoms with van der Waals surface area (Å²) in [4.78, 5) is 37.1. The lowest BCUT2D eigenvalue weighted by Crippen LogP contribution is -2.61. The third kappa shape index (κ3) is 6.10. The quantitative estimate of drug-likeness (QED) is 0.421. The van der Waals surface area contributed by atoms with Crippen molar-refractivity contribution in [3.8, 4) is 0 Å². The second-order valence-electron chi connectivity index (χ2n) is 9.36. The summed E-state index contributed by atoms with van der Waals surface area (Å²) in [6, 6.07) is 5.94. The second kappa shape index (κ2) is 10.9. The van der Waals surface area contributed by atoms with E-state index in [9.17, 15) is 18.0 Å². The number of rotatable bonds is 5. The van der Waals surface area contributed by atoms with E-state index in [1.165, 1.54) is 15.6 Å². The number of nitrogens with one attached hydrogen (secondary N) is 3. The van der Waals surface area contributed by atoms with Gasteiger partial charge in [0.2, 0.25) is 10.0 Å². The number of hydrogen-bond donors (Lipinski definition) is 3. The van der Waals surface area contributed by atoms with Crippen LogP contribution in [0, 0.1) is 0 Å². The maximum atomic E-state index is 13.1. The highest BCUT2D eigenvalue weighted by Crippen LogP contribution is 2.25. The van der Waals surface area contributed by atoms with Crippen LogP contribution in [0.4, 0.5) is 0 Å². The van der Waals surface area contributed by atoms with Gasteiger partial charge in [-0.2, -0.15) is 4.31 Å². The molecule has 4 heterocycles. The fraction of sp³-hybridized carbons (Fsp3) is 0.435. The lowest BCUT2D eigenvalue weighted by Gasteiger charge is -2.37. The van der Waals surface area contributed by atoms with E-state index in [4.69, 9.17) is 11.6 Å². The minimum absolute atomic E-state index is 0. The highest BCUT2D eigenvalue weighted by Gasteiger charge is 2.36. The number of fused-ring (bicyclic) bond motifs is 2. The van der Waals surface area contributed by atoms with Crippen LogP contribution in [0.1, 0.15) is 37.3 Å². The number of benzene rings is 1. The number of hydrogen-bond acceptors (Lipinski definition) is 7. The monoisotopic (exact) mass is 586 g/mol. The molecule has 0 saturated carbocycles. The van der Waals surface area contributed by atoms with Crippen molar-refractivity contribution in [2.45, 2.75) is 31.5 Å². The second-order valence-corrected chi connectivity index (χ2v) is 12.9. The molecule has 0 spiro atoms. The Hall–Kier alpha value is -2.22. The van der Waals surface area contributed by atoms with E-state index in [2.05, 4.69) is 25.5 Å². The van der Waals surface area contributed by atoms with Gasteiger partial charge in [-0.15, -0.1) is 23.7 Å². The first-order valence-electron chi connectivity index (χ1n) is 11.6. The Morgan fingerprint density at radius 3 is 2.68 bits per heavy atom. The maximum Gasteiger partial charge on any atom is 0.280 e. The van der Waals surface area contributed by atoms with Crippen LogP contribution in [0.5, 0.6) is 0 Å². The SMILES string of the molecule is CN1CCc2nc(C(=O)NC3CN(S(C)(=O)=O)CCC3NC(=O)c3cc4cc(Cl)ccc4[nH]3)sc2C1.Cl. The lowest BCUT2D eigenvalue weighted by molar-refractivity contribution is 0.0847. The summed E-state index contributed by atoms with van der Waals surface area (Å²) in [5, 5.41) is 7.66. The highest BCUT2D eigenvalue weighted by molar-refractivity contribution is 7.88. The van der Waals surface area contributed by atoms with Crippen LogP contribution in [0.3, 0.4) is 0 Å². The average molecular weight is 588 g/mol. The van der Waals surface area contributed by atoms with Gasteiger partial charge in [-0.05, 0) is 37.7 Å². The van der Waals surface area contributed by atoms with Crippen LogP contribution >= 0.6 is 35.3 Å². The Bertz CT molecular complexity index is 1440. The van der Waals surface area contributed by atoms with Crippen molar-refractivity contribution in [3.63, 3.8) is 0 Å². The Labute approximate surface area is 230 Å². The van der Waals surface area contributed by atoms with Crippen molar-refractivity contribution < 1.29 is 18.0 Å².